The SMILES string of the molecule is [Na+].[Na+].[O]c1ccn(C2OC(COP(=O)([O-])OP(=O)([O-])OC3OC(CO)C(O)C(O)C3O)C(O)C2O)c(=O)n1. The molecule has 6 N–H and O–H groups in total. The van der Waals surface area contributed by atoms with Gasteiger partial charge in [0.2, 0.25) is 0 Å². The quantitative estimate of drug-likeness (QED) is 0.112. The van der Waals surface area contributed by atoms with Crippen LogP contribution in [0.4, 0.5) is 0 Å². The van der Waals surface area contributed by atoms with Gasteiger partial charge in [0.05, 0.1) is 13.2 Å². The van der Waals surface area contributed by atoms with Gasteiger partial charge in [-0.15, -0.1) is 0 Å². The summed E-state index contributed by atoms with van der Waals surface area (Å²) in [5.41, 5.74) is -1.14. The molecule has 1 radical (unpaired) electrons. The molecule has 3 rings (SSSR count). The molecule has 38 heavy (non-hydrogen) atoms. The molecule has 19 nitrogen and oxygen atoms in total. The van der Waals surface area contributed by atoms with Crippen molar-refractivity contribution in [2.75, 3.05) is 13.2 Å². The predicted molar refractivity (Wildman–Crippen MR) is 102 cm³/mol. The van der Waals surface area contributed by atoms with Gasteiger partial charge in [0, 0.05) is 12.3 Å². The molecule has 2 fully saturated rings. The Bertz CT molecular complexity index is 1080. The van der Waals surface area contributed by atoms with Crippen LogP contribution in [0, 0.1) is 0 Å². The Morgan fingerprint density at radius 2 is 1.55 bits per heavy atom. The zero-order valence-corrected chi connectivity index (χ0v) is 25.5. The van der Waals surface area contributed by atoms with Gasteiger partial charge in [-0.05, 0) is 0 Å². The van der Waals surface area contributed by atoms with E-state index < -0.39 is 95.7 Å². The van der Waals surface area contributed by atoms with E-state index in [-0.39, 0.29) is 59.1 Å². The van der Waals surface area contributed by atoms with E-state index in [0.29, 0.717) is 4.57 Å². The molecule has 3 heterocycles. The minimum Gasteiger partial charge on any atom is -0.756 e. The number of aliphatic hydroxyl groups excluding tert-OH is 6. The summed E-state index contributed by atoms with van der Waals surface area (Å²) < 4.78 is 47.0. The zero-order chi connectivity index (χ0) is 27.0. The van der Waals surface area contributed by atoms with Crippen LogP contribution in [0.3, 0.4) is 0 Å². The third-order valence-corrected chi connectivity index (χ3v) is 7.63. The molecular weight excluding hydrogens is 588 g/mol. The molecule has 1 aromatic rings. The summed E-state index contributed by atoms with van der Waals surface area (Å²) in [6, 6.07) is 0.856. The Morgan fingerprint density at radius 1 is 0.947 bits per heavy atom. The van der Waals surface area contributed by atoms with E-state index in [9.17, 15) is 54.4 Å². The van der Waals surface area contributed by atoms with Crippen LogP contribution in [0.1, 0.15) is 6.23 Å². The Hall–Kier alpha value is 0.620. The number of hydrogen-bond donors (Lipinski definition) is 6. The predicted octanol–water partition coefficient (Wildman–Crippen LogP) is -11.2. The fraction of sp³-hybridized carbons (Fsp3) is 0.733. The van der Waals surface area contributed by atoms with Gasteiger partial charge in [0.15, 0.2) is 12.5 Å². The monoisotopic (exact) mass is 609 g/mol. The van der Waals surface area contributed by atoms with Gasteiger partial charge in [-0.2, -0.15) is 4.98 Å². The van der Waals surface area contributed by atoms with Gasteiger partial charge >= 0.3 is 64.8 Å². The Kier molecular flexibility index (Phi) is 14.2. The second-order valence-corrected chi connectivity index (χ2v) is 10.5. The molecule has 0 saturated carbocycles. The molecule has 0 aromatic carbocycles. The molecule has 2 aliphatic heterocycles. The molecule has 0 amide bonds. The van der Waals surface area contributed by atoms with Crippen LogP contribution in [-0.4, -0.2) is 102 Å². The normalized spacial score (nSPS) is 36.4. The number of ether oxygens (including phenoxy) is 2. The van der Waals surface area contributed by atoms with Crippen LogP contribution in [0.2, 0.25) is 0 Å². The summed E-state index contributed by atoms with van der Waals surface area (Å²) in [7, 11) is -11.7. The van der Waals surface area contributed by atoms with Crippen LogP contribution in [0.25, 0.3) is 0 Å². The third-order valence-electron chi connectivity index (χ3n) is 5.09. The molecule has 0 bridgehead atoms. The van der Waals surface area contributed by atoms with Crippen LogP contribution < -0.4 is 74.6 Å². The molecule has 11 unspecified atom stereocenters. The van der Waals surface area contributed by atoms with Crippen molar-refractivity contribution in [3.8, 4) is 5.88 Å². The van der Waals surface area contributed by atoms with Gasteiger partial charge in [-0.25, -0.2) is 9.11 Å². The maximum atomic E-state index is 12.0. The molecule has 0 spiro atoms. The fourth-order valence-corrected chi connectivity index (χ4v) is 5.38. The largest absolute Gasteiger partial charge is 1.00 e. The first-order valence-corrected chi connectivity index (χ1v) is 12.8. The Labute approximate surface area is 257 Å². The number of phosphoric ester groups is 2. The fourth-order valence-electron chi connectivity index (χ4n) is 3.30. The summed E-state index contributed by atoms with van der Waals surface area (Å²) in [6.07, 6.45) is -16.0. The number of rotatable bonds is 9. The Morgan fingerprint density at radius 3 is 2.13 bits per heavy atom. The van der Waals surface area contributed by atoms with E-state index in [1.165, 1.54) is 0 Å². The maximum Gasteiger partial charge on any atom is 1.00 e. The van der Waals surface area contributed by atoms with Crippen molar-refractivity contribution in [1.82, 2.24) is 9.55 Å². The van der Waals surface area contributed by atoms with Crippen molar-refractivity contribution < 1.29 is 137 Å². The zero-order valence-electron chi connectivity index (χ0n) is 19.7. The van der Waals surface area contributed by atoms with Crippen molar-refractivity contribution >= 4 is 15.6 Å². The number of phosphoric acid groups is 2. The van der Waals surface area contributed by atoms with Gasteiger partial charge in [0.25, 0.3) is 21.5 Å². The summed E-state index contributed by atoms with van der Waals surface area (Å²) in [4.78, 5) is 38.9. The minimum absolute atomic E-state index is 0. The first-order chi connectivity index (χ1) is 16.7. The second-order valence-electron chi connectivity index (χ2n) is 7.58. The van der Waals surface area contributed by atoms with E-state index >= 15 is 0 Å². The number of hydrogen-bond acceptors (Lipinski definition) is 17. The smallest absolute Gasteiger partial charge is 0.756 e. The number of nitrogens with zero attached hydrogens (tertiary/aromatic N) is 2. The van der Waals surface area contributed by atoms with Crippen LogP contribution in [-0.2, 0) is 37.1 Å². The second kappa shape index (κ2) is 14.7. The number of aromatic nitrogens is 2. The molecule has 11 atom stereocenters. The van der Waals surface area contributed by atoms with Crippen LogP contribution in [0.15, 0.2) is 17.1 Å². The first kappa shape index (κ1) is 36.6. The van der Waals surface area contributed by atoms with Crippen molar-refractivity contribution in [1.29, 1.82) is 0 Å². The minimum atomic E-state index is -5.91. The molecule has 23 heteroatoms. The van der Waals surface area contributed by atoms with E-state index in [2.05, 4.69) is 18.3 Å². The van der Waals surface area contributed by atoms with E-state index in [1.54, 1.807) is 0 Å². The van der Waals surface area contributed by atoms with Crippen LogP contribution >= 0.6 is 15.6 Å². The van der Waals surface area contributed by atoms with Crippen molar-refractivity contribution in [2.45, 2.75) is 55.2 Å². The van der Waals surface area contributed by atoms with E-state index in [1.807, 2.05) is 0 Å². The summed E-state index contributed by atoms with van der Waals surface area (Å²) in [5.74, 6) is -0.887. The average molecular weight is 609 g/mol. The van der Waals surface area contributed by atoms with Gasteiger partial charge in [-0.1, -0.05) is 0 Å². The topological polar surface area (TPSA) is 303 Å². The van der Waals surface area contributed by atoms with Crippen molar-refractivity contribution in [3.63, 3.8) is 0 Å². The summed E-state index contributed by atoms with van der Waals surface area (Å²) in [6.45, 7) is -2.06. The Balaban J connectivity index is 0.00000361. The third kappa shape index (κ3) is 8.81. The van der Waals surface area contributed by atoms with Crippen molar-refractivity contribution in [2.24, 2.45) is 0 Å². The molecule has 205 valence electrons. The van der Waals surface area contributed by atoms with E-state index in [4.69, 9.17) is 14.6 Å². The van der Waals surface area contributed by atoms with Crippen LogP contribution in [0.5, 0.6) is 5.88 Å². The summed E-state index contributed by atoms with van der Waals surface area (Å²) >= 11 is 0. The average Bonchev–Trinajstić information content (AvgIpc) is 3.06. The van der Waals surface area contributed by atoms with E-state index in [0.717, 1.165) is 12.3 Å². The number of aliphatic hydroxyl groups is 6. The maximum absolute atomic E-state index is 12.0. The first-order valence-electron chi connectivity index (χ1n) is 9.90. The van der Waals surface area contributed by atoms with Crippen molar-refractivity contribution in [3.05, 3.63) is 22.7 Å². The standard InChI is InChI=1S/C15H23N2O17P2.2Na/c18-3-5-8(20)10(22)12(24)14(32-5)33-36(28,29)34-35(26,27)30-4-6-9(21)11(23)13(31-6)17-2-1-7(19)16-15(17)25;;/h1-2,5-6,8-14,18,20-24H,3-4H2,(H,26,27)(H,28,29);;/q;2*+1/p-2. The molecule has 0 aliphatic carbocycles. The van der Waals surface area contributed by atoms with Gasteiger partial charge in [-0.3, -0.25) is 23.3 Å². The molecule has 1 aromatic heterocycles. The summed E-state index contributed by atoms with van der Waals surface area (Å²) in [5, 5.41) is 69.5. The van der Waals surface area contributed by atoms with Gasteiger partial charge < -0.3 is 54.4 Å². The molecule has 2 aliphatic rings. The molecule has 2 saturated heterocycles. The van der Waals surface area contributed by atoms with Gasteiger partial charge in [0.1, 0.15) is 42.7 Å². The molecular formula is C15H21N2Na2O17P2.